The molecular weight excluding hydrogens is 761 g/mol. The molecule has 0 atom stereocenters. The van der Waals surface area contributed by atoms with Crippen molar-refractivity contribution in [3.05, 3.63) is 199 Å². The second-order valence-corrected chi connectivity index (χ2v) is 16.7. The van der Waals surface area contributed by atoms with Gasteiger partial charge in [0.05, 0.1) is 45.6 Å². The molecule has 5 heteroatoms. The molecule has 10 aromatic carbocycles. The van der Waals surface area contributed by atoms with Gasteiger partial charge < -0.3 is 9.13 Å². The molecule has 0 radical (unpaired) electrons. The van der Waals surface area contributed by atoms with Gasteiger partial charge in [-0.05, 0) is 63.0 Å². The first-order chi connectivity index (χ1) is 30.2. The first kappa shape index (κ1) is 33.7. The number of benzene rings is 10. The number of nitrogens with zero attached hydrogens (tertiary/aromatic N) is 4. The second kappa shape index (κ2) is 12.6. The van der Waals surface area contributed by atoms with Crippen LogP contribution in [0.5, 0.6) is 0 Å². The van der Waals surface area contributed by atoms with E-state index in [-0.39, 0.29) is 0 Å². The molecule has 0 fully saturated rings. The first-order valence-corrected chi connectivity index (χ1v) is 21.2. The number of nitriles is 1. The summed E-state index contributed by atoms with van der Waals surface area (Å²) in [6.45, 7) is 9.17. The number of aromatic nitrogens is 2. The number of thiophene rings is 1. The third-order valence-corrected chi connectivity index (χ3v) is 13.9. The predicted molar refractivity (Wildman–Crippen MR) is 256 cm³/mol. The summed E-state index contributed by atoms with van der Waals surface area (Å²) in [5.74, 6) is 0. The number of hydrogen-bond acceptors (Lipinski definition) is 2. The van der Waals surface area contributed by atoms with Gasteiger partial charge in [-0.3, -0.25) is 0 Å². The maximum absolute atomic E-state index is 11.7. The zero-order chi connectivity index (χ0) is 40.3. The Kier molecular flexibility index (Phi) is 6.99. The summed E-state index contributed by atoms with van der Waals surface area (Å²) >= 11 is 1.82. The quantitative estimate of drug-likeness (QED) is 0.129. The fourth-order valence-corrected chi connectivity index (χ4v) is 11.6. The predicted octanol–water partition coefficient (Wildman–Crippen LogP) is 15.7. The zero-order valence-corrected chi connectivity index (χ0v) is 33.3. The van der Waals surface area contributed by atoms with Gasteiger partial charge in [0.2, 0.25) is 5.69 Å². The van der Waals surface area contributed by atoms with Crippen molar-refractivity contribution in [1.29, 1.82) is 5.26 Å². The topological polar surface area (TPSA) is 38.0 Å². The van der Waals surface area contributed by atoms with E-state index in [1.807, 2.05) is 47.7 Å². The van der Waals surface area contributed by atoms with Crippen LogP contribution in [0.3, 0.4) is 0 Å². The van der Waals surface area contributed by atoms with E-state index in [2.05, 4.69) is 166 Å². The fourth-order valence-electron chi connectivity index (χ4n) is 10.4. The van der Waals surface area contributed by atoms with Crippen LogP contribution in [0.4, 0.5) is 5.69 Å². The summed E-state index contributed by atoms with van der Waals surface area (Å²) in [7, 11) is 0. The van der Waals surface area contributed by atoms with Crippen LogP contribution in [0.2, 0.25) is 0 Å². The lowest BCUT2D eigenvalue weighted by Gasteiger charge is -2.25. The van der Waals surface area contributed by atoms with Crippen molar-refractivity contribution in [2.75, 3.05) is 0 Å². The summed E-state index contributed by atoms with van der Waals surface area (Å²) in [6, 6.07) is 66.6. The molecule has 13 aromatic rings. The minimum Gasteiger partial charge on any atom is -0.318 e. The second-order valence-electron chi connectivity index (χ2n) is 15.7. The van der Waals surface area contributed by atoms with E-state index in [9.17, 15) is 11.8 Å². The van der Waals surface area contributed by atoms with Crippen molar-refractivity contribution in [3.63, 3.8) is 0 Å². The number of para-hydroxylation sites is 1. The Labute approximate surface area is 353 Å². The molecule has 0 bridgehead atoms. The van der Waals surface area contributed by atoms with E-state index in [0.717, 1.165) is 71.7 Å². The average molecular weight is 791 g/mol. The highest BCUT2D eigenvalue weighted by Gasteiger charge is 2.32. The molecule has 0 aliphatic rings. The van der Waals surface area contributed by atoms with Crippen LogP contribution >= 0.6 is 11.3 Å². The Morgan fingerprint density at radius 3 is 1.57 bits per heavy atom. The highest BCUT2D eigenvalue weighted by atomic mass is 32.1. The van der Waals surface area contributed by atoms with Crippen molar-refractivity contribution in [2.24, 2.45) is 0 Å². The lowest BCUT2D eigenvalue weighted by molar-refractivity contribution is 1.13. The lowest BCUT2D eigenvalue weighted by Crippen LogP contribution is -2.08. The molecule has 3 aromatic heterocycles. The van der Waals surface area contributed by atoms with Crippen LogP contribution < -0.4 is 0 Å². The molecule has 0 saturated carbocycles. The number of fused-ring (bicyclic) bond motifs is 10. The minimum atomic E-state index is 0.435. The molecule has 0 aliphatic heterocycles. The third kappa shape index (κ3) is 4.45. The van der Waals surface area contributed by atoms with Crippen molar-refractivity contribution in [3.8, 4) is 39.7 Å². The van der Waals surface area contributed by atoms with Gasteiger partial charge in [-0.2, -0.15) is 5.26 Å². The Balaban J connectivity index is 1.31. The Morgan fingerprint density at radius 2 is 0.934 bits per heavy atom. The van der Waals surface area contributed by atoms with Gasteiger partial charge in [-0.1, -0.05) is 152 Å². The van der Waals surface area contributed by atoms with E-state index < -0.39 is 0 Å². The normalized spacial score (nSPS) is 11.9. The maximum Gasteiger partial charge on any atom is 0.220 e. The summed E-state index contributed by atoms with van der Waals surface area (Å²) in [5, 5.41) is 23.5. The maximum atomic E-state index is 11.7. The van der Waals surface area contributed by atoms with Gasteiger partial charge in [-0.15, -0.1) is 11.3 Å². The van der Waals surface area contributed by atoms with Crippen LogP contribution in [0.25, 0.3) is 124 Å². The number of hydrogen-bond donors (Lipinski definition) is 0. The van der Waals surface area contributed by atoms with E-state index in [1.54, 1.807) is 0 Å². The Morgan fingerprint density at radius 1 is 0.426 bits per heavy atom. The first-order valence-electron chi connectivity index (χ1n) is 20.4. The van der Waals surface area contributed by atoms with Crippen LogP contribution in [0.15, 0.2) is 182 Å². The molecular formula is C56H30N4S. The summed E-state index contributed by atoms with van der Waals surface area (Å²) < 4.78 is 7.10. The summed E-state index contributed by atoms with van der Waals surface area (Å²) in [6.07, 6.45) is 0. The van der Waals surface area contributed by atoms with Gasteiger partial charge in [0.25, 0.3) is 0 Å². The molecule has 61 heavy (non-hydrogen) atoms. The highest BCUT2D eigenvalue weighted by Crippen LogP contribution is 2.54. The van der Waals surface area contributed by atoms with E-state index >= 15 is 0 Å². The monoisotopic (exact) mass is 790 g/mol. The lowest BCUT2D eigenvalue weighted by atomic mass is 9.88. The molecule has 13 rings (SSSR count). The molecule has 0 amide bonds. The van der Waals surface area contributed by atoms with Crippen LogP contribution in [0.1, 0.15) is 5.56 Å². The third-order valence-electron chi connectivity index (χ3n) is 12.7. The van der Waals surface area contributed by atoms with Crippen molar-refractivity contribution in [1.82, 2.24) is 9.13 Å². The highest BCUT2D eigenvalue weighted by molar-refractivity contribution is 7.26. The van der Waals surface area contributed by atoms with E-state index in [1.165, 1.54) is 41.7 Å². The largest absolute Gasteiger partial charge is 0.318 e. The Hall–Kier alpha value is -8.22. The molecule has 280 valence electrons. The van der Waals surface area contributed by atoms with Gasteiger partial charge in [0.15, 0.2) is 0 Å². The molecule has 3 heterocycles. The van der Waals surface area contributed by atoms with Crippen LogP contribution in [-0.2, 0) is 0 Å². The van der Waals surface area contributed by atoms with Gasteiger partial charge in [0.1, 0.15) is 6.07 Å². The number of rotatable bonds is 4. The van der Waals surface area contributed by atoms with Crippen LogP contribution in [-0.4, -0.2) is 9.13 Å². The van der Waals surface area contributed by atoms with E-state index in [0.29, 0.717) is 16.8 Å². The van der Waals surface area contributed by atoms with Crippen molar-refractivity contribution < 1.29 is 0 Å². The van der Waals surface area contributed by atoms with Crippen molar-refractivity contribution >= 4 is 102 Å². The Bertz CT molecular complexity index is 3970. The molecule has 4 nitrogen and oxygen atoms in total. The minimum absolute atomic E-state index is 0.435. The van der Waals surface area contributed by atoms with Gasteiger partial charge in [0, 0.05) is 52.8 Å². The fraction of sp³-hybridized carbons (Fsp3) is 0. The summed E-state index contributed by atoms with van der Waals surface area (Å²) in [5.41, 5.74) is 9.62. The molecule has 0 unspecified atom stereocenters. The molecule has 0 spiro atoms. The standard InChI is InChI=1S/C56H30N4S/c1-58-53-48(33-16-4-2-5-17-33)42(32-57)54(59-43-26-12-10-23-41(43)52-46(59)31-30-40-37-22-11-13-29-47(37)61-56(40)52)49(34-18-6-3-7-19-34)55(53)60-44-27-14-24-38-35-20-8-9-21-36(35)39-25-15-28-45(60)51(39)50(38)44/h2-31H. The van der Waals surface area contributed by atoms with Gasteiger partial charge >= 0.3 is 0 Å². The van der Waals surface area contributed by atoms with Crippen LogP contribution in [0, 0.1) is 17.9 Å². The smallest absolute Gasteiger partial charge is 0.220 e. The molecule has 0 aliphatic carbocycles. The average Bonchev–Trinajstić information content (AvgIpc) is 3.99. The van der Waals surface area contributed by atoms with E-state index in [4.69, 9.17) is 0 Å². The summed E-state index contributed by atoms with van der Waals surface area (Å²) in [4.78, 5) is 4.49. The zero-order valence-electron chi connectivity index (χ0n) is 32.5. The SMILES string of the molecule is [C-]#[N+]c1c(-c2ccccc2)c(C#N)c(-n2c3ccccc3c3c4sc5ccccc5c4ccc32)c(-c2ccccc2)c1-n1c2cccc3c4ccccc4c4cccc1c4c32. The van der Waals surface area contributed by atoms with Gasteiger partial charge in [-0.25, -0.2) is 4.85 Å². The molecule has 0 saturated heterocycles. The van der Waals surface area contributed by atoms with Crippen molar-refractivity contribution in [2.45, 2.75) is 0 Å². The molecule has 0 N–H and O–H groups in total.